The lowest BCUT2D eigenvalue weighted by Gasteiger charge is -2.04. The van der Waals surface area contributed by atoms with Gasteiger partial charge >= 0.3 is 0 Å². The van der Waals surface area contributed by atoms with E-state index < -0.39 is 0 Å². The van der Waals surface area contributed by atoms with Crippen LogP contribution in [-0.4, -0.2) is 11.3 Å². The van der Waals surface area contributed by atoms with Crippen LogP contribution in [0, 0.1) is 0 Å². The highest BCUT2D eigenvalue weighted by Crippen LogP contribution is 2.26. The lowest BCUT2D eigenvalue weighted by Crippen LogP contribution is -1.97. The van der Waals surface area contributed by atoms with E-state index in [1.165, 1.54) is 0 Å². The molecule has 0 saturated heterocycles. The van der Waals surface area contributed by atoms with Crippen molar-refractivity contribution in [2.75, 3.05) is 0 Å². The molecule has 1 N–H and O–H groups in total. The van der Waals surface area contributed by atoms with Crippen LogP contribution < -0.4 is 4.74 Å². The first-order valence-electron chi connectivity index (χ1n) is 6.11. The van der Waals surface area contributed by atoms with Crippen LogP contribution in [0.3, 0.4) is 0 Å². The first kappa shape index (κ1) is 11.5. The number of nitrogens with one attached hydrogen (secondary N) is 1. The quantitative estimate of drug-likeness (QED) is 0.720. The number of H-pyrrole nitrogens is 1. The molecule has 3 nitrogen and oxygen atoms in total. The van der Waals surface area contributed by atoms with E-state index in [2.05, 4.69) is 4.98 Å². The zero-order chi connectivity index (χ0) is 13.1. The summed E-state index contributed by atoms with van der Waals surface area (Å²) in [5.74, 6) is 0.528. The highest BCUT2D eigenvalue weighted by atomic mass is 16.5. The number of aromatic amines is 1. The van der Waals surface area contributed by atoms with Gasteiger partial charge in [-0.05, 0) is 11.6 Å². The lowest BCUT2D eigenvalue weighted by molar-refractivity contribution is 0.112. The standard InChI is InChI=1S/C16H13NO2/c18-10-14-13-8-4-5-9-15(13)17-16(14)19-11-12-6-2-1-3-7-12/h1-10,17H,11H2. The van der Waals surface area contributed by atoms with Gasteiger partial charge in [-0.3, -0.25) is 4.79 Å². The Balaban J connectivity index is 1.90. The van der Waals surface area contributed by atoms with Gasteiger partial charge in [-0.2, -0.15) is 0 Å². The summed E-state index contributed by atoms with van der Waals surface area (Å²) in [5, 5.41) is 0.889. The van der Waals surface area contributed by atoms with E-state index in [4.69, 9.17) is 4.74 Å². The highest BCUT2D eigenvalue weighted by Gasteiger charge is 2.11. The minimum atomic E-state index is 0.439. The van der Waals surface area contributed by atoms with Gasteiger partial charge in [-0.15, -0.1) is 0 Å². The van der Waals surface area contributed by atoms with Crippen molar-refractivity contribution in [3.63, 3.8) is 0 Å². The van der Waals surface area contributed by atoms with Crippen LogP contribution in [0.15, 0.2) is 54.6 Å². The average Bonchev–Trinajstić information content (AvgIpc) is 2.83. The van der Waals surface area contributed by atoms with Gasteiger partial charge in [0.25, 0.3) is 0 Å². The first-order chi connectivity index (χ1) is 9.38. The molecule has 0 spiro atoms. The monoisotopic (exact) mass is 251 g/mol. The number of ether oxygens (including phenoxy) is 1. The number of benzene rings is 2. The minimum absolute atomic E-state index is 0.439. The molecule has 3 rings (SSSR count). The molecule has 0 saturated carbocycles. The van der Waals surface area contributed by atoms with Gasteiger partial charge in [-0.1, -0.05) is 48.5 Å². The third kappa shape index (κ3) is 2.22. The lowest BCUT2D eigenvalue weighted by atomic mass is 10.2. The fraction of sp³-hybridized carbons (Fsp3) is 0.0625. The van der Waals surface area contributed by atoms with Crippen molar-refractivity contribution in [1.29, 1.82) is 0 Å². The van der Waals surface area contributed by atoms with Crippen molar-refractivity contribution in [3.05, 3.63) is 65.7 Å². The van der Waals surface area contributed by atoms with Crippen molar-refractivity contribution >= 4 is 17.2 Å². The smallest absolute Gasteiger partial charge is 0.203 e. The number of hydrogen-bond acceptors (Lipinski definition) is 2. The molecule has 0 aliphatic heterocycles. The first-order valence-corrected chi connectivity index (χ1v) is 6.11. The van der Waals surface area contributed by atoms with Crippen molar-refractivity contribution < 1.29 is 9.53 Å². The van der Waals surface area contributed by atoms with Crippen LogP contribution in [0.1, 0.15) is 15.9 Å². The van der Waals surface area contributed by atoms with E-state index >= 15 is 0 Å². The van der Waals surface area contributed by atoms with Crippen LogP contribution in [-0.2, 0) is 6.61 Å². The summed E-state index contributed by atoms with van der Waals surface area (Å²) < 4.78 is 5.71. The summed E-state index contributed by atoms with van der Waals surface area (Å²) in [5.41, 5.74) is 2.55. The summed E-state index contributed by atoms with van der Waals surface area (Å²) >= 11 is 0. The van der Waals surface area contributed by atoms with Crippen molar-refractivity contribution in [2.45, 2.75) is 6.61 Å². The van der Waals surface area contributed by atoms with E-state index in [0.717, 1.165) is 22.8 Å². The van der Waals surface area contributed by atoms with E-state index in [9.17, 15) is 4.79 Å². The molecule has 0 unspecified atom stereocenters. The maximum absolute atomic E-state index is 11.2. The molecule has 0 fully saturated rings. The zero-order valence-electron chi connectivity index (χ0n) is 10.3. The Morgan fingerprint density at radius 2 is 1.74 bits per heavy atom. The largest absolute Gasteiger partial charge is 0.474 e. The fourth-order valence-electron chi connectivity index (χ4n) is 2.10. The Morgan fingerprint density at radius 1 is 1.00 bits per heavy atom. The molecular formula is C16H13NO2. The molecule has 3 heteroatoms. The normalized spacial score (nSPS) is 10.5. The Morgan fingerprint density at radius 3 is 2.53 bits per heavy atom. The van der Waals surface area contributed by atoms with E-state index in [-0.39, 0.29) is 0 Å². The number of aldehydes is 1. The zero-order valence-corrected chi connectivity index (χ0v) is 10.3. The highest BCUT2D eigenvalue weighted by molar-refractivity contribution is 6.00. The van der Waals surface area contributed by atoms with E-state index in [1.54, 1.807) is 0 Å². The number of rotatable bonds is 4. The van der Waals surface area contributed by atoms with Gasteiger partial charge in [0, 0.05) is 10.9 Å². The molecule has 0 aliphatic carbocycles. The summed E-state index contributed by atoms with van der Waals surface area (Å²) in [4.78, 5) is 14.3. The molecular weight excluding hydrogens is 238 g/mol. The van der Waals surface area contributed by atoms with Gasteiger partial charge in [0.05, 0.1) is 5.56 Å². The average molecular weight is 251 g/mol. The van der Waals surface area contributed by atoms with E-state index in [0.29, 0.717) is 18.1 Å². The SMILES string of the molecule is O=Cc1c(OCc2ccccc2)[nH]c2ccccc12. The molecule has 19 heavy (non-hydrogen) atoms. The van der Waals surface area contributed by atoms with Crippen LogP contribution >= 0.6 is 0 Å². The van der Waals surface area contributed by atoms with Crippen molar-refractivity contribution in [3.8, 4) is 5.88 Å². The second-order valence-corrected chi connectivity index (χ2v) is 4.31. The Kier molecular flexibility index (Phi) is 3.02. The van der Waals surface area contributed by atoms with Gasteiger partial charge in [-0.25, -0.2) is 0 Å². The molecule has 2 aromatic carbocycles. The molecule has 94 valence electrons. The van der Waals surface area contributed by atoms with Gasteiger partial charge in [0.15, 0.2) is 6.29 Å². The molecule has 1 heterocycles. The summed E-state index contributed by atoms with van der Waals surface area (Å²) in [6, 6.07) is 17.5. The number of para-hydroxylation sites is 1. The summed E-state index contributed by atoms with van der Waals surface area (Å²) in [6.45, 7) is 0.439. The second-order valence-electron chi connectivity index (χ2n) is 4.31. The predicted octanol–water partition coefficient (Wildman–Crippen LogP) is 3.56. The number of hydrogen-bond donors (Lipinski definition) is 1. The van der Waals surface area contributed by atoms with Crippen LogP contribution in [0.4, 0.5) is 0 Å². The number of carbonyl (C=O) groups is 1. The van der Waals surface area contributed by atoms with Gasteiger partial charge < -0.3 is 9.72 Å². The molecule has 0 bridgehead atoms. The molecule has 0 atom stereocenters. The molecule has 3 aromatic rings. The maximum Gasteiger partial charge on any atom is 0.203 e. The summed E-state index contributed by atoms with van der Waals surface area (Å²) in [7, 11) is 0. The second kappa shape index (κ2) is 4.98. The van der Waals surface area contributed by atoms with Gasteiger partial charge in [0.2, 0.25) is 5.88 Å². The number of carbonyl (C=O) groups excluding carboxylic acids is 1. The third-order valence-corrected chi connectivity index (χ3v) is 3.05. The minimum Gasteiger partial charge on any atom is -0.474 e. The maximum atomic E-state index is 11.2. The Labute approximate surface area is 110 Å². The molecule has 0 aliphatic rings. The molecule has 0 amide bonds. The topological polar surface area (TPSA) is 42.1 Å². The summed E-state index contributed by atoms with van der Waals surface area (Å²) in [6.07, 6.45) is 0.832. The van der Waals surface area contributed by atoms with Crippen molar-refractivity contribution in [2.24, 2.45) is 0 Å². The van der Waals surface area contributed by atoms with Crippen LogP contribution in [0.25, 0.3) is 10.9 Å². The predicted molar refractivity (Wildman–Crippen MR) is 74.5 cm³/mol. The van der Waals surface area contributed by atoms with Gasteiger partial charge in [0.1, 0.15) is 6.61 Å². The number of aromatic nitrogens is 1. The Bertz CT molecular complexity index is 701. The van der Waals surface area contributed by atoms with E-state index in [1.807, 2.05) is 54.6 Å². The number of fused-ring (bicyclic) bond motifs is 1. The van der Waals surface area contributed by atoms with Crippen LogP contribution in [0.2, 0.25) is 0 Å². The Hall–Kier alpha value is -2.55. The van der Waals surface area contributed by atoms with Crippen molar-refractivity contribution in [1.82, 2.24) is 4.98 Å². The molecule has 0 radical (unpaired) electrons. The van der Waals surface area contributed by atoms with Crippen LogP contribution in [0.5, 0.6) is 5.88 Å². The fourth-order valence-corrected chi connectivity index (χ4v) is 2.10. The third-order valence-electron chi connectivity index (χ3n) is 3.05. The molecule has 1 aromatic heterocycles.